The Balaban J connectivity index is 2.14. The highest BCUT2D eigenvalue weighted by Crippen LogP contribution is 2.17. The van der Waals surface area contributed by atoms with Gasteiger partial charge in [0.1, 0.15) is 17.5 Å². The van der Waals surface area contributed by atoms with Gasteiger partial charge in [0.2, 0.25) is 0 Å². The fraction of sp³-hybridized carbons (Fsp3) is 0.188. The van der Waals surface area contributed by atoms with Crippen LogP contribution in [0.2, 0.25) is 0 Å². The number of nitrogens with one attached hydrogen (secondary N) is 2. The van der Waals surface area contributed by atoms with Gasteiger partial charge >= 0.3 is 0 Å². The van der Waals surface area contributed by atoms with E-state index in [2.05, 4.69) is 12.2 Å². The molecule has 0 bridgehead atoms. The summed E-state index contributed by atoms with van der Waals surface area (Å²) in [7, 11) is 0. The standard InChI is InChI=1S/C16H19FN4/c1-2-3-4-5-15-20-8-9-21(15)11-13-7-6-12(16(18)19)10-14(13)17/h3-10,20H,2,11H2,1H3,(H3,18,19)/b4-3+,15-5+. The van der Waals surface area contributed by atoms with Gasteiger partial charge in [-0.1, -0.05) is 31.2 Å². The molecule has 0 atom stereocenters. The van der Waals surface area contributed by atoms with Crippen molar-refractivity contribution in [2.45, 2.75) is 19.9 Å². The van der Waals surface area contributed by atoms with Gasteiger partial charge in [0.05, 0.1) is 6.54 Å². The van der Waals surface area contributed by atoms with E-state index in [0.717, 1.165) is 12.2 Å². The third kappa shape index (κ3) is 3.72. The first-order valence-electron chi connectivity index (χ1n) is 6.81. The molecule has 0 saturated heterocycles. The van der Waals surface area contributed by atoms with E-state index in [1.54, 1.807) is 12.1 Å². The highest BCUT2D eigenvalue weighted by Gasteiger charge is 2.14. The fourth-order valence-electron chi connectivity index (χ4n) is 1.98. The second-order valence-electron chi connectivity index (χ2n) is 4.70. The highest BCUT2D eigenvalue weighted by molar-refractivity contribution is 5.94. The van der Waals surface area contributed by atoms with E-state index in [1.165, 1.54) is 6.07 Å². The number of allylic oxidation sites excluding steroid dienone is 3. The van der Waals surface area contributed by atoms with Crippen molar-refractivity contribution in [1.82, 2.24) is 10.2 Å². The van der Waals surface area contributed by atoms with Crippen LogP contribution in [0, 0.1) is 11.2 Å². The normalized spacial score (nSPS) is 15.9. The molecule has 0 aliphatic carbocycles. The Hall–Kier alpha value is -2.56. The number of halogens is 1. The van der Waals surface area contributed by atoms with Crippen molar-refractivity contribution in [2.24, 2.45) is 5.73 Å². The zero-order valence-electron chi connectivity index (χ0n) is 11.9. The number of benzene rings is 1. The van der Waals surface area contributed by atoms with Crippen LogP contribution in [0.3, 0.4) is 0 Å². The second kappa shape index (κ2) is 6.74. The number of rotatable bonds is 5. The van der Waals surface area contributed by atoms with E-state index in [0.29, 0.717) is 17.7 Å². The van der Waals surface area contributed by atoms with Gasteiger partial charge in [-0.05, 0) is 18.6 Å². The third-order valence-corrected chi connectivity index (χ3v) is 3.13. The lowest BCUT2D eigenvalue weighted by Gasteiger charge is -2.18. The Morgan fingerprint density at radius 3 is 2.95 bits per heavy atom. The van der Waals surface area contributed by atoms with Gasteiger partial charge in [-0.2, -0.15) is 0 Å². The maximum atomic E-state index is 14.0. The third-order valence-electron chi connectivity index (χ3n) is 3.13. The maximum absolute atomic E-state index is 14.0. The molecule has 1 aliphatic rings. The fourth-order valence-corrected chi connectivity index (χ4v) is 1.98. The van der Waals surface area contributed by atoms with E-state index in [9.17, 15) is 4.39 Å². The first-order chi connectivity index (χ1) is 10.1. The van der Waals surface area contributed by atoms with Crippen LogP contribution in [0.25, 0.3) is 0 Å². The zero-order chi connectivity index (χ0) is 15.2. The summed E-state index contributed by atoms with van der Waals surface area (Å²) in [5.74, 6) is 0.412. The molecular weight excluding hydrogens is 267 g/mol. The lowest BCUT2D eigenvalue weighted by Crippen LogP contribution is -2.19. The predicted octanol–water partition coefficient (Wildman–Crippen LogP) is 2.79. The Labute approximate surface area is 124 Å². The maximum Gasteiger partial charge on any atom is 0.128 e. The summed E-state index contributed by atoms with van der Waals surface area (Å²) >= 11 is 0. The molecule has 2 rings (SSSR count). The van der Waals surface area contributed by atoms with Crippen molar-refractivity contribution in [3.05, 3.63) is 71.6 Å². The Morgan fingerprint density at radius 1 is 1.48 bits per heavy atom. The lowest BCUT2D eigenvalue weighted by atomic mass is 10.1. The van der Waals surface area contributed by atoms with E-state index in [4.69, 9.17) is 11.1 Å². The van der Waals surface area contributed by atoms with Gasteiger partial charge in [0.15, 0.2) is 0 Å². The molecule has 1 heterocycles. The van der Waals surface area contributed by atoms with Crippen molar-refractivity contribution in [3.8, 4) is 0 Å². The van der Waals surface area contributed by atoms with Crippen LogP contribution in [0.4, 0.5) is 4.39 Å². The van der Waals surface area contributed by atoms with Crippen LogP contribution in [-0.4, -0.2) is 10.7 Å². The average molecular weight is 286 g/mol. The van der Waals surface area contributed by atoms with Gasteiger partial charge in [0.25, 0.3) is 0 Å². The number of nitrogens with two attached hydrogens (primary N) is 1. The molecule has 110 valence electrons. The van der Waals surface area contributed by atoms with E-state index in [1.807, 2.05) is 35.5 Å². The molecule has 0 spiro atoms. The number of amidine groups is 1. The minimum atomic E-state index is -0.355. The van der Waals surface area contributed by atoms with Crippen molar-refractivity contribution in [2.75, 3.05) is 0 Å². The van der Waals surface area contributed by atoms with Crippen LogP contribution in [-0.2, 0) is 6.54 Å². The number of nitrogen functional groups attached to an aromatic ring is 1. The van der Waals surface area contributed by atoms with Crippen LogP contribution in [0.15, 0.2) is 54.6 Å². The largest absolute Gasteiger partial charge is 0.384 e. The van der Waals surface area contributed by atoms with Gasteiger partial charge in [0, 0.05) is 23.5 Å². The van der Waals surface area contributed by atoms with Crippen LogP contribution in [0.5, 0.6) is 0 Å². The van der Waals surface area contributed by atoms with E-state index < -0.39 is 0 Å². The summed E-state index contributed by atoms with van der Waals surface area (Å²) < 4.78 is 14.0. The van der Waals surface area contributed by atoms with Gasteiger partial charge in [-0.3, -0.25) is 5.41 Å². The van der Waals surface area contributed by atoms with Gasteiger partial charge in [-0.15, -0.1) is 0 Å². The quantitative estimate of drug-likeness (QED) is 0.576. The van der Waals surface area contributed by atoms with Crippen LogP contribution in [0.1, 0.15) is 24.5 Å². The van der Waals surface area contributed by atoms with E-state index >= 15 is 0 Å². The molecule has 0 unspecified atom stereocenters. The Morgan fingerprint density at radius 2 is 2.29 bits per heavy atom. The molecule has 1 aliphatic heterocycles. The number of hydrogen-bond donors (Lipinski definition) is 3. The SMILES string of the molecule is CC/C=C/C=C1\NC=CN1Cc1ccc(C(=N)N)cc1F. The summed E-state index contributed by atoms with van der Waals surface area (Å²) in [6.45, 7) is 2.48. The smallest absolute Gasteiger partial charge is 0.128 e. The van der Waals surface area contributed by atoms with Gasteiger partial charge in [-0.25, -0.2) is 4.39 Å². The molecule has 0 aromatic heterocycles. The summed E-state index contributed by atoms with van der Waals surface area (Å²) in [6.07, 6.45) is 10.6. The van der Waals surface area contributed by atoms with Crippen LogP contribution >= 0.6 is 0 Å². The van der Waals surface area contributed by atoms with Crippen molar-refractivity contribution in [1.29, 1.82) is 5.41 Å². The molecular formula is C16H19FN4. The molecule has 0 radical (unpaired) electrons. The summed E-state index contributed by atoms with van der Waals surface area (Å²) in [5.41, 5.74) is 6.31. The van der Waals surface area contributed by atoms with Crippen molar-refractivity contribution >= 4 is 5.84 Å². The molecule has 0 amide bonds. The molecule has 4 N–H and O–H groups in total. The van der Waals surface area contributed by atoms with Crippen molar-refractivity contribution < 1.29 is 4.39 Å². The molecule has 0 saturated carbocycles. The predicted molar refractivity (Wildman–Crippen MR) is 82.7 cm³/mol. The molecule has 1 aromatic carbocycles. The van der Waals surface area contributed by atoms with Crippen LogP contribution < -0.4 is 11.1 Å². The molecule has 21 heavy (non-hydrogen) atoms. The minimum absolute atomic E-state index is 0.131. The minimum Gasteiger partial charge on any atom is -0.384 e. The average Bonchev–Trinajstić information content (AvgIpc) is 2.88. The number of hydrogen-bond acceptors (Lipinski definition) is 3. The summed E-state index contributed by atoms with van der Waals surface area (Å²) in [4.78, 5) is 1.92. The molecule has 5 heteroatoms. The number of nitrogens with zero attached hydrogens (tertiary/aromatic N) is 1. The molecule has 0 fully saturated rings. The summed E-state index contributed by atoms with van der Waals surface area (Å²) in [5, 5.41) is 10.4. The molecule has 1 aromatic rings. The second-order valence-corrected chi connectivity index (χ2v) is 4.70. The monoisotopic (exact) mass is 286 g/mol. The van der Waals surface area contributed by atoms with Gasteiger partial charge < -0.3 is 16.0 Å². The topological polar surface area (TPSA) is 65.1 Å². The van der Waals surface area contributed by atoms with E-state index in [-0.39, 0.29) is 11.7 Å². The first-order valence-corrected chi connectivity index (χ1v) is 6.81. The van der Waals surface area contributed by atoms with Crippen molar-refractivity contribution in [3.63, 3.8) is 0 Å². The summed E-state index contributed by atoms with van der Waals surface area (Å²) in [6, 6.07) is 4.62. The zero-order valence-corrected chi connectivity index (χ0v) is 11.9. The lowest BCUT2D eigenvalue weighted by molar-refractivity contribution is 0.447. The highest BCUT2D eigenvalue weighted by atomic mass is 19.1. The molecule has 4 nitrogen and oxygen atoms in total. The Kier molecular flexibility index (Phi) is 4.77. The first kappa shape index (κ1) is 14.8. The Bertz CT molecular complexity index is 617.